The second-order valence-corrected chi connectivity index (χ2v) is 5.33. The third kappa shape index (κ3) is 5.54. The predicted octanol–water partition coefficient (Wildman–Crippen LogP) is 4.19. The van der Waals surface area contributed by atoms with Gasteiger partial charge in [-0.1, -0.05) is 34.1 Å². The standard InChI is InChI=1S/C15H23N3O2.C2H6/c1-3-12(10-18-8-7-16-11-18)5-6-13(4-2)14-9-15(19)17-20-14;1-2/h7-9,11-13H,3-6,10H2,1-2H3,(H,17,19);1-2H3. The topological polar surface area (TPSA) is 63.8 Å². The fourth-order valence-electron chi connectivity index (χ4n) is 2.60. The summed E-state index contributed by atoms with van der Waals surface area (Å²) >= 11 is 0. The molecule has 2 aromatic heterocycles. The summed E-state index contributed by atoms with van der Waals surface area (Å²) in [6.07, 6.45) is 9.99. The molecule has 0 radical (unpaired) electrons. The van der Waals surface area contributed by atoms with Gasteiger partial charge in [-0.15, -0.1) is 0 Å². The van der Waals surface area contributed by atoms with Gasteiger partial charge in [0.1, 0.15) is 5.76 Å². The van der Waals surface area contributed by atoms with Gasteiger partial charge in [0.05, 0.1) is 6.33 Å². The number of aromatic amines is 1. The van der Waals surface area contributed by atoms with Crippen molar-refractivity contribution in [2.75, 3.05) is 0 Å². The van der Waals surface area contributed by atoms with Crippen molar-refractivity contribution in [3.05, 3.63) is 40.9 Å². The zero-order valence-corrected chi connectivity index (χ0v) is 14.2. The molecule has 0 aromatic carbocycles. The summed E-state index contributed by atoms with van der Waals surface area (Å²) in [7, 11) is 0. The molecule has 2 aromatic rings. The van der Waals surface area contributed by atoms with Gasteiger partial charge >= 0.3 is 0 Å². The molecule has 0 saturated carbocycles. The molecule has 1 N–H and O–H groups in total. The van der Waals surface area contributed by atoms with Crippen LogP contribution in [0.25, 0.3) is 0 Å². The first kappa shape index (κ1) is 18.3. The highest BCUT2D eigenvalue weighted by Gasteiger charge is 2.17. The third-order valence-corrected chi connectivity index (χ3v) is 3.97. The monoisotopic (exact) mass is 307 g/mol. The van der Waals surface area contributed by atoms with Crippen LogP contribution in [0.1, 0.15) is 65.1 Å². The summed E-state index contributed by atoms with van der Waals surface area (Å²) in [6, 6.07) is 1.57. The van der Waals surface area contributed by atoms with E-state index in [0.29, 0.717) is 11.8 Å². The number of rotatable bonds is 8. The maximum atomic E-state index is 11.2. The molecule has 22 heavy (non-hydrogen) atoms. The summed E-state index contributed by atoms with van der Waals surface area (Å²) in [6.45, 7) is 9.36. The molecule has 5 nitrogen and oxygen atoms in total. The Morgan fingerprint density at radius 1 is 1.27 bits per heavy atom. The molecule has 0 saturated heterocycles. The Morgan fingerprint density at radius 2 is 2.05 bits per heavy atom. The molecular weight excluding hydrogens is 278 g/mol. The van der Waals surface area contributed by atoms with Crippen LogP contribution in [-0.4, -0.2) is 14.7 Å². The summed E-state index contributed by atoms with van der Waals surface area (Å²) in [4.78, 5) is 15.2. The van der Waals surface area contributed by atoms with Gasteiger partial charge in [-0.05, 0) is 25.2 Å². The van der Waals surface area contributed by atoms with Crippen molar-refractivity contribution < 1.29 is 4.52 Å². The molecule has 0 bridgehead atoms. The van der Waals surface area contributed by atoms with E-state index in [-0.39, 0.29) is 5.56 Å². The predicted molar refractivity (Wildman–Crippen MR) is 89.0 cm³/mol. The Kier molecular flexibility index (Phi) is 8.33. The Balaban J connectivity index is 0.00000116. The quantitative estimate of drug-likeness (QED) is 0.795. The number of imidazole rings is 1. The smallest absolute Gasteiger partial charge is 0.280 e. The van der Waals surface area contributed by atoms with Crippen LogP contribution in [0.3, 0.4) is 0 Å². The van der Waals surface area contributed by atoms with Crippen LogP contribution in [0.4, 0.5) is 0 Å². The van der Waals surface area contributed by atoms with E-state index in [2.05, 4.69) is 28.6 Å². The first-order chi connectivity index (χ1) is 10.7. The highest BCUT2D eigenvalue weighted by atomic mass is 16.5. The number of H-pyrrole nitrogens is 1. The van der Waals surface area contributed by atoms with Crippen LogP contribution >= 0.6 is 0 Å². The molecule has 2 rings (SSSR count). The number of nitrogens with zero attached hydrogens (tertiary/aromatic N) is 2. The van der Waals surface area contributed by atoms with Gasteiger partial charge in [-0.3, -0.25) is 4.79 Å². The highest BCUT2D eigenvalue weighted by molar-refractivity contribution is 5.01. The van der Waals surface area contributed by atoms with Crippen LogP contribution in [0.15, 0.2) is 34.1 Å². The van der Waals surface area contributed by atoms with Crippen molar-refractivity contribution in [3.63, 3.8) is 0 Å². The Morgan fingerprint density at radius 3 is 2.55 bits per heavy atom. The van der Waals surface area contributed by atoms with E-state index >= 15 is 0 Å². The SMILES string of the molecule is CC.CCC(CCC(CC)c1cc(=O)[nH]o1)Cn1ccnc1. The maximum Gasteiger partial charge on any atom is 0.280 e. The maximum absolute atomic E-state index is 11.2. The minimum Gasteiger partial charge on any atom is -0.383 e. The van der Waals surface area contributed by atoms with E-state index in [1.807, 2.05) is 32.6 Å². The van der Waals surface area contributed by atoms with Crippen molar-refractivity contribution in [1.29, 1.82) is 0 Å². The van der Waals surface area contributed by atoms with E-state index in [1.165, 1.54) is 0 Å². The van der Waals surface area contributed by atoms with Crippen molar-refractivity contribution in [3.8, 4) is 0 Å². The molecule has 124 valence electrons. The lowest BCUT2D eigenvalue weighted by molar-refractivity contribution is 0.321. The summed E-state index contributed by atoms with van der Waals surface area (Å²) in [5.74, 6) is 1.74. The van der Waals surface area contributed by atoms with Crippen molar-refractivity contribution in [2.24, 2.45) is 5.92 Å². The van der Waals surface area contributed by atoms with Crippen molar-refractivity contribution in [1.82, 2.24) is 14.7 Å². The number of hydrogen-bond acceptors (Lipinski definition) is 3. The molecule has 0 aliphatic rings. The summed E-state index contributed by atoms with van der Waals surface area (Å²) in [5.41, 5.74) is -0.149. The van der Waals surface area contributed by atoms with E-state index in [9.17, 15) is 4.79 Å². The molecule has 0 aliphatic heterocycles. The lowest BCUT2D eigenvalue weighted by atomic mass is 9.91. The van der Waals surface area contributed by atoms with Crippen molar-refractivity contribution >= 4 is 0 Å². The van der Waals surface area contributed by atoms with Crippen LogP contribution in [0.2, 0.25) is 0 Å². The van der Waals surface area contributed by atoms with Crippen LogP contribution in [0, 0.1) is 5.92 Å². The molecule has 0 aliphatic carbocycles. The van der Waals surface area contributed by atoms with Gasteiger partial charge in [0.2, 0.25) is 0 Å². The van der Waals surface area contributed by atoms with Gasteiger partial charge in [-0.25, -0.2) is 4.98 Å². The molecule has 5 heteroatoms. The lowest BCUT2D eigenvalue weighted by Gasteiger charge is -2.18. The van der Waals surface area contributed by atoms with Gasteiger partial charge < -0.3 is 9.09 Å². The first-order valence-electron chi connectivity index (χ1n) is 8.37. The summed E-state index contributed by atoms with van der Waals surface area (Å²) < 4.78 is 7.37. The van der Waals surface area contributed by atoms with Gasteiger partial charge in [0, 0.05) is 30.9 Å². The van der Waals surface area contributed by atoms with Crippen LogP contribution in [-0.2, 0) is 6.54 Å². The summed E-state index contributed by atoms with van der Waals surface area (Å²) in [5, 5.41) is 2.38. The molecule has 0 amide bonds. The minimum absolute atomic E-state index is 0.149. The number of aromatic nitrogens is 3. The van der Waals surface area contributed by atoms with E-state index < -0.39 is 0 Å². The molecule has 2 unspecified atom stereocenters. The molecule has 2 atom stereocenters. The average Bonchev–Trinajstić information content (AvgIpc) is 3.20. The first-order valence-corrected chi connectivity index (χ1v) is 8.37. The average molecular weight is 307 g/mol. The largest absolute Gasteiger partial charge is 0.383 e. The molecule has 2 heterocycles. The van der Waals surface area contributed by atoms with Gasteiger partial charge in [-0.2, -0.15) is 5.16 Å². The Hall–Kier alpha value is -1.78. The Labute approximate surface area is 132 Å². The minimum atomic E-state index is -0.149. The lowest BCUT2D eigenvalue weighted by Crippen LogP contribution is -2.10. The highest BCUT2D eigenvalue weighted by Crippen LogP contribution is 2.27. The van der Waals surface area contributed by atoms with Gasteiger partial charge in [0.15, 0.2) is 0 Å². The Bertz CT molecular complexity index is 542. The zero-order valence-electron chi connectivity index (χ0n) is 14.2. The molecule has 0 spiro atoms. The molecule has 0 fully saturated rings. The van der Waals surface area contributed by atoms with E-state index in [1.54, 1.807) is 6.07 Å². The normalized spacial score (nSPS) is 13.3. The molecular formula is C17H29N3O2. The fourth-order valence-corrected chi connectivity index (χ4v) is 2.60. The second-order valence-electron chi connectivity index (χ2n) is 5.33. The van der Waals surface area contributed by atoms with Crippen molar-refractivity contribution in [2.45, 2.75) is 65.8 Å². The number of hydrogen-bond donors (Lipinski definition) is 1. The van der Waals surface area contributed by atoms with Crippen LogP contribution < -0.4 is 5.56 Å². The van der Waals surface area contributed by atoms with E-state index in [4.69, 9.17) is 4.52 Å². The third-order valence-electron chi connectivity index (χ3n) is 3.97. The fraction of sp³-hybridized carbons (Fsp3) is 0.647. The zero-order chi connectivity index (χ0) is 16.4. The van der Waals surface area contributed by atoms with Gasteiger partial charge in [0.25, 0.3) is 5.56 Å². The number of nitrogens with one attached hydrogen (secondary N) is 1. The second kappa shape index (κ2) is 10.0. The van der Waals surface area contributed by atoms with E-state index in [0.717, 1.165) is 38.0 Å². The van der Waals surface area contributed by atoms with Crippen LogP contribution in [0.5, 0.6) is 0 Å².